The average Bonchev–Trinajstić information content (AvgIpc) is 2.70. The molecule has 0 aromatic heterocycles. The molecule has 0 saturated carbocycles. The molecule has 2 rings (SSSR count). The number of carbonyl (C=O) groups is 2. The van der Waals surface area contributed by atoms with Gasteiger partial charge in [-0.15, -0.1) is 11.8 Å². The quantitative estimate of drug-likeness (QED) is 0.224. The third-order valence-electron chi connectivity index (χ3n) is 3.54. The first-order chi connectivity index (χ1) is 13.5. The molecular formula is C19H20N2O6S. The van der Waals surface area contributed by atoms with Crippen LogP contribution in [0, 0.1) is 10.1 Å². The van der Waals surface area contributed by atoms with Gasteiger partial charge in [-0.3, -0.25) is 10.1 Å². The van der Waals surface area contributed by atoms with Crippen molar-refractivity contribution in [3.05, 3.63) is 70.3 Å². The maximum absolute atomic E-state index is 11.9. The SMILES string of the molecule is CC(NC(=O)OCc1ccccc1)C(=O)OCCSc1ccc([N+](=O)[O-])cc1. The zero-order chi connectivity index (χ0) is 20.4. The van der Waals surface area contributed by atoms with Crippen molar-refractivity contribution in [3.8, 4) is 0 Å². The number of benzene rings is 2. The molecule has 0 aliphatic carbocycles. The number of non-ortho nitro benzene ring substituents is 1. The Morgan fingerprint density at radius 2 is 1.79 bits per heavy atom. The zero-order valence-electron chi connectivity index (χ0n) is 15.2. The lowest BCUT2D eigenvalue weighted by Crippen LogP contribution is -2.40. The number of thioether (sulfide) groups is 1. The van der Waals surface area contributed by atoms with Gasteiger partial charge < -0.3 is 14.8 Å². The van der Waals surface area contributed by atoms with Crippen LogP contribution in [-0.4, -0.2) is 35.4 Å². The zero-order valence-corrected chi connectivity index (χ0v) is 16.0. The van der Waals surface area contributed by atoms with Crippen molar-refractivity contribution in [3.63, 3.8) is 0 Å². The summed E-state index contributed by atoms with van der Waals surface area (Å²) in [5, 5.41) is 13.0. The maximum atomic E-state index is 11.9. The van der Waals surface area contributed by atoms with Gasteiger partial charge in [0.2, 0.25) is 0 Å². The van der Waals surface area contributed by atoms with Crippen LogP contribution >= 0.6 is 11.8 Å². The van der Waals surface area contributed by atoms with Gasteiger partial charge in [0.05, 0.1) is 4.92 Å². The summed E-state index contributed by atoms with van der Waals surface area (Å²) >= 11 is 1.40. The molecule has 1 amide bonds. The summed E-state index contributed by atoms with van der Waals surface area (Å²) in [6.07, 6.45) is -0.700. The van der Waals surface area contributed by atoms with Crippen LogP contribution in [0.4, 0.5) is 10.5 Å². The second kappa shape index (κ2) is 10.9. The molecule has 9 heteroatoms. The van der Waals surface area contributed by atoms with Crippen molar-refractivity contribution in [1.82, 2.24) is 5.32 Å². The number of nitro groups is 1. The van der Waals surface area contributed by atoms with Crippen molar-refractivity contribution in [2.75, 3.05) is 12.4 Å². The Labute approximate surface area is 166 Å². The topological polar surface area (TPSA) is 108 Å². The number of alkyl carbamates (subject to hydrolysis) is 1. The summed E-state index contributed by atoms with van der Waals surface area (Å²) in [6.45, 7) is 1.77. The lowest BCUT2D eigenvalue weighted by atomic mass is 10.2. The number of rotatable bonds is 9. The number of nitro benzene ring substituents is 1. The number of carbonyl (C=O) groups excluding carboxylic acids is 2. The molecule has 28 heavy (non-hydrogen) atoms. The van der Waals surface area contributed by atoms with Crippen LogP contribution in [-0.2, 0) is 20.9 Å². The van der Waals surface area contributed by atoms with Crippen LogP contribution in [0.3, 0.4) is 0 Å². The Kier molecular flexibility index (Phi) is 8.29. The number of hydrogen-bond donors (Lipinski definition) is 1. The van der Waals surface area contributed by atoms with Crippen LogP contribution in [0.2, 0.25) is 0 Å². The lowest BCUT2D eigenvalue weighted by Gasteiger charge is -2.13. The number of amides is 1. The summed E-state index contributed by atoms with van der Waals surface area (Å²) in [5.41, 5.74) is 0.867. The smallest absolute Gasteiger partial charge is 0.408 e. The van der Waals surface area contributed by atoms with Gasteiger partial charge in [0.1, 0.15) is 19.3 Å². The highest BCUT2D eigenvalue weighted by atomic mass is 32.2. The van der Waals surface area contributed by atoms with Crippen LogP contribution < -0.4 is 5.32 Å². The van der Waals surface area contributed by atoms with E-state index in [2.05, 4.69) is 5.32 Å². The normalized spacial score (nSPS) is 11.3. The van der Waals surface area contributed by atoms with Gasteiger partial charge in [-0.25, -0.2) is 9.59 Å². The van der Waals surface area contributed by atoms with Gasteiger partial charge in [0, 0.05) is 22.8 Å². The molecular weight excluding hydrogens is 384 g/mol. The highest BCUT2D eigenvalue weighted by Gasteiger charge is 2.17. The Morgan fingerprint density at radius 1 is 1.11 bits per heavy atom. The molecule has 0 aliphatic rings. The first-order valence-corrected chi connectivity index (χ1v) is 9.45. The van der Waals surface area contributed by atoms with Gasteiger partial charge in [0.15, 0.2) is 0 Å². The summed E-state index contributed by atoms with van der Waals surface area (Å²) in [7, 11) is 0. The summed E-state index contributed by atoms with van der Waals surface area (Å²) in [5.74, 6) is -0.0877. The molecule has 8 nitrogen and oxygen atoms in total. The van der Waals surface area contributed by atoms with Gasteiger partial charge in [-0.2, -0.15) is 0 Å². The van der Waals surface area contributed by atoms with E-state index in [1.807, 2.05) is 30.3 Å². The molecule has 1 N–H and O–H groups in total. The molecule has 1 atom stereocenters. The number of esters is 1. The predicted molar refractivity (Wildman–Crippen MR) is 104 cm³/mol. The van der Waals surface area contributed by atoms with Crippen LogP contribution in [0.25, 0.3) is 0 Å². The fourth-order valence-electron chi connectivity index (χ4n) is 2.09. The third kappa shape index (κ3) is 7.28. The fourth-order valence-corrected chi connectivity index (χ4v) is 2.82. The van der Waals surface area contributed by atoms with E-state index < -0.39 is 23.0 Å². The minimum atomic E-state index is -0.840. The molecule has 2 aromatic carbocycles. The number of ether oxygens (including phenoxy) is 2. The molecule has 0 radical (unpaired) electrons. The van der Waals surface area contributed by atoms with E-state index in [9.17, 15) is 19.7 Å². The van der Waals surface area contributed by atoms with E-state index >= 15 is 0 Å². The fraction of sp³-hybridized carbons (Fsp3) is 0.263. The number of nitrogens with one attached hydrogen (secondary N) is 1. The standard InChI is InChI=1S/C19H20N2O6S/c1-14(20-19(23)27-13-15-5-3-2-4-6-15)18(22)26-11-12-28-17-9-7-16(8-10-17)21(24)25/h2-10,14H,11-13H2,1H3,(H,20,23). The largest absolute Gasteiger partial charge is 0.463 e. The lowest BCUT2D eigenvalue weighted by molar-refractivity contribution is -0.384. The highest BCUT2D eigenvalue weighted by molar-refractivity contribution is 7.99. The van der Waals surface area contributed by atoms with E-state index in [1.54, 1.807) is 12.1 Å². The molecule has 1 unspecified atom stereocenters. The average molecular weight is 404 g/mol. The van der Waals surface area contributed by atoms with Gasteiger partial charge in [0.25, 0.3) is 5.69 Å². The Bertz CT molecular complexity index is 798. The van der Waals surface area contributed by atoms with E-state index in [1.165, 1.54) is 30.8 Å². The summed E-state index contributed by atoms with van der Waals surface area (Å²) < 4.78 is 10.2. The second-order valence-electron chi connectivity index (χ2n) is 5.69. The Balaban J connectivity index is 1.63. The Morgan fingerprint density at radius 3 is 2.43 bits per heavy atom. The van der Waals surface area contributed by atoms with E-state index in [-0.39, 0.29) is 18.9 Å². The van der Waals surface area contributed by atoms with Crippen molar-refractivity contribution in [1.29, 1.82) is 0 Å². The van der Waals surface area contributed by atoms with Crippen molar-refractivity contribution >= 4 is 29.5 Å². The van der Waals surface area contributed by atoms with Crippen molar-refractivity contribution in [2.45, 2.75) is 24.5 Å². The third-order valence-corrected chi connectivity index (χ3v) is 4.52. The maximum Gasteiger partial charge on any atom is 0.408 e. The minimum Gasteiger partial charge on any atom is -0.463 e. The van der Waals surface area contributed by atoms with Crippen LogP contribution in [0.1, 0.15) is 12.5 Å². The minimum absolute atomic E-state index is 0.0230. The summed E-state index contributed by atoms with van der Waals surface area (Å²) in [4.78, 5) is 34.6. The van der Waals surface area contributed by atoms with E-state index in [0.29, 0.717) is 5.75 Å². The molecule has 0 aliphatic heterocycles. The van der Waals surface area contributed by atoms with Crippen LogP contribution in [0.15, 0.2) is 59.5 Å². The monoisotopic (exact) mass is 404 g/mol. The van der Waals surface area contributed by atoms with Crippen molar-refractivity contribution < 1.29 is 24.0 Å². The molecule has 0 saturated heterocycles. The predicted octanol–water partition coefficient (Wildman–Crippen LogP) is 3.55. The molecule has 0 spiro atoms. The molecule has 0 heterocycles. The number of hydrogen-bond acceptors (Lipinski definition) is 7. The molecule has 0 bridgehead atoms. The van der Waals surface area contributed by atoms with E-state index in [0.717, 1.165) is 10.5 Å². The molecule has 0 fully saturated rings. The Hall–Kier alpha value is -3.07. The number of nitrogens with zero attached hydrogens (tertiary/aromatic N) is 1. The summed E-state index contributed by atoms with van der Waals surface area (Å²) in [6, 6.07) is 14.5. The van der Waals surface area contributed by atoms with E-state index in [4.69, 9.17) is 9.47 Å². The molecule has 2 aromatic rings. The molecule has 148 valence electrons. The van der Waals surface area contributed by atoms with Crippen molar-refractivity contribution in [2.24, 2.45) is 0 Å². The highest BCUT2D eigenvalue weighted by Crippen LogP contribution is 2.21. The van der Waals surface area contributed by atoms with Gasteiger partial charge in [-0.1, -0.05) is 30.3 Å². The first-order valence-electron chi connectivity index (χ1n) is 8.47. The second-order valence-corrected chi connectivity index (χ2v) is 6.86. The first kappa shape index (κ1) is 21.2. The van der Waals surface area contributed by atoms with Gasteiger partial charge in [-0.05, 0) is 24.6 Å². The van der Waals surface area contributed by atoms with Crippen LogP contribution in [0.5, 0.6) is 0 Å². The van der Waals surface area contributed by atoms with Gasteiger partial charge >= 0.3 is 12.1 Å².